The van der Waals surface area contributed by atoms with Gasteiger partial charge in [0.1, 0.15) is 0 Å². The molecule has 0 fully saturated rings. The van der Waals surface area contributed by atoms with Crippen molar-refractivity contribution >= 4 is 0 Å². The van der Waals surface area contributed by atoms with Crippen LogP contribution >= 0.6 is 0 Å². The van der Waals surface area contributed by atoms with Gasteiger partial charge >= 0.3 is 0 Å². The lowest BCUT2D eigenvalue weighted by Gasteiger charge is -2.13. The number of rotatable bonds is 5. The monoisotopic (exact) mass is 191 g/mol. The molecule has 14 heavy (non-hydrogen) atoms. The summed E-state index contributed by atoms with van der Waals surface area (Å²) in [4.78, 5) is 0. The molecule has 0 amide bonds. The van der Waals surface area contributed by atoms with Crippen molar-refractivity contribution in [3.8, 4) is 12.3 Å². The quantitative estimate of drug-likeness (QED) is 0.694. The molecule has 0 spiro atoms. The van der Waals surface area contributed by atoms with Crippen LogP contribution in [0.2, 0.25) is 0 Å². The fourth-order valence-electron chi connectivity index (χ4n) is 1.31. The third-order valence-electron chi connectivity index (χ3n) is 2.37. The zero-order valence-electron chi connectivity index (χ0n) is 8.80. The zero-order valence-corrected chi connectivity index (χ0v) is 8.80. The number of hydrogen-bond donors (Lipinski definition) is 2. The van der Waals surface area contributed by atoms with Crippen LogP contribution in [0.4, 0.5) is 0 Å². The SMILES string of the molecule is C#CCC(CC)NCc1cn[nH]c1C. The number of nitrogens with one attached hydrogen (secondary N) is 2. The molecule has 1 atom stereocenters. The lowest BCUT2D eigenvalue weighted by Crippen LogP contribution is -2.27. The second kappa shape index (κ2) is 5.46. The molecule has 0 aliphatic rings. The first-order chi connectivity index (χ1) is 6.77. The van der Waals surface area contributed by atoms with E-state index in [1.807, 2.05) is 13.1 Å². The van der Waals surface area contributed by atoms with Gasteiger partial charge in [0.15, 0.2) is 0 Å². The first-order valence-corrected chi connectivity index (χ1v) is 4.93. The lowest BCUT2D eigenvalue weighted by atomic mass is 10.1. The van der Waals surface area contributed by atoms with Crippen molar-refractivity contribution in [3.63, 3.8) is 0 Å². The number of terminal acetylenes is 1. The Morgan fingerprint density at radius 1 is 1.71 bits per heavy atom. The van der Waals surface area contributed by atoms with Gasteiger partial charge in [0.05, 0.1) is 6.20 Å². The highest BCUT2D eigenvalue weighted by Crippen LogP contribution is 2.04. The van der Waals surface area contributed by atoms with E-state index in [2.05, 4.69) is 28.4 Å². The summed E-state index contributed by atoms with van der Waals surface area (Å²) in [6, 6.07) is 0.411. The second-order valence-corrected chi connectivity index (χ2v) is 3.41. The van der Waals surface area contributed by atoms with Gasteiger partial charge in [-0.15, -0.1) is 12.3 Å². The van der Waals surface area contributed by atoms with Crippen molar-refractivity contribution in [2.45, 2.75) is 39.3 Å². The summed E-state index contributed by atoms with van der Waals surface area (Å²) in [5.74, 6) is 2.68. The number of aryl methyl sites for hydroxylation is 1. The molecule has 3 nitrogen and oxygen atoms in total. The van der Waals surface area contributed by atoms with E-state index in [1.54, 1.807) is 0 Å². The van der Waals surface area contributed by atoms with Gasteiger partial charge in [0.25, 0.3) is 0 Å². The lowest BCUT2D eigenvalue weighted by molar-refractivity contribution is 0.506. The first kappa shape index (κ1) is 10.8. The van der Waals surface area contributed by atoms with Crippen LogP contribution in [0, 0.1) is 19.3 Å². The van der Waals surface area contributed by atoms with Crippen molar-refractivity contribution < 1.29 is 0 Å². The van der Waals surface area contributed by atoms with Gasteiger partial charge in [-0.05, 0) is 13.3 Å². The molecule has 0 bridgehead atoms. The smallest absolute Gasteiger partial charge is 0.0535 e. The largest absolute Gasteiger partial charge is 0.309 e. The molecule has 0 aliphatic heterocycles. The topological polar surface area (TPSA) is 40.7 Å². The maximum atomic E-state index is 5.28. The number of aromatic nitrogens is 2. The minimum absolute atomic E-state index is 0.411. The van der Waals surface area contributed by atoms with Crippen molar-refractivity contribution in [2.75, 3.05) is 0 Å². The summed E-state index contributed by atoms with van der Waals surface area (Å²) >= 11 is 0. The number of hydrogen-bond acceptors (Lipinski definition) is 2. The molecule has 0 radical (unpaired) electrons. The van der Waals surface area contributed by atoms with E-state index in [4.69, 9.17) is 6.42 Å². The fraction of sp³-hybridized carbons (Fsp3) is 0.545. The molecule has 3 heteroatoms. The van der Waals surface area contributed by atoms with E-state index in [-0.39, 0.29) is 0 Å². The molecule has 1 rings (SSSR count). The average molecular weight is 191 g/mol. The maximum absolute atomic E-state index is 5.28. The molecule has 1 heterocycles. The predicted octanol–water partition coefficient (Wildman–Crippen LogP) is 1.61. The van der Waals surface area contributed by atoms with Gasteiger partial charge < -0.3 is 5.32 Å². The van der Waals surface area contributed by atoms with E-state index in [9.17, 15) is 0 Å². The molecular formula is C11H17N3. The van der Waals surface area contributed by atoms with E-state index in [0.29, 0.717) is 6.04 Å². The highest BCUT2D eigenvalue weighted by atomic mass is 15.1. The van der Waals surface area contributed by atoms with E-state index < -0.39 is 0 Å². The molecule has 0 saturated heterocycles. The van der Waals surface area contributed by atoms with Crippen LogP contribution in [0.25, 0.3) is 0 Å². The number of H-pyrrole nitrogens is 1. The summed E-state index contributed by atoms with van der Waals surface area (Å²) in [5.41, 5.74) is 2.33. The van der Waals surface area contributed by atoms with Gasteiger partial charge in [0, 0.05) is 30.3 Å². The van der Waals surface area contributed by atoms with Gasteiger partial charge in [-0.2, -0.15) is 5.10 Å². The highest BCUT2D eigenvalue weighted by Gasteiger charge is 2.05. The molecule has 1 aromatic heterocycles. The Hall–Kier alpha value is -1.27. The Labute approximate surface area is 85.3 Å². The van der Waals surface area contributed by atoms with Crippen LogP contribution < -0.4 is 5.32 Å². The molecule has 76 valence electrons. The van der Waals surface area contributed by atoms with Crippen molar-refractivity contribution in [2.24, 2.45) is 0 Å². The van der Waals surface area contributed by atoms with Gasteiger partial charge in [-0.3, -0.25) is 5.10 Å². The number of nitrogens with zero attached hydrogens (tertiary/aromatic N) is 1. The van der Waals surface area contributed by atoms with Crippen molar-refractivity contribution in [3.05, 3.63) is 17.5 Å². The first-order valence-electron chi connectivity index (χ1n) is 4.93. The molecular weight excluding hydrogens is 174 g/mol. The van der Waals surface area contributed by atoms with Crippen LogP contribution in [0.15, 0.2) is 6.20 Å². The third kappa shape index (κ3) is 2.90. The molecule has 1 aromatic rings. The molecule has 2 N–H and O–H groups in total. The zero-order chi connectivity index (χ0) is 10.4. The Morgan fingerprint density at radius 2 is 2.50 bits per heavy atom. The van der Waals surface area contributed by atoms with E-state index in [1.165, 1.54) is 5.56 Å². The number of aromatic amines is 1. The van der Waals surface area contributed by atoms with Crippen molar-refractivity contribution in [1.29, 1.82) is 0 Å². The van der Waals surface area contributed by atoms with Crippen LogP contribution in [0.1, 0.15) is 31.0 Å². The van der Waals surface area contributed by atoms with Crippen LogP contribution in [-0.4, -0.2) is 16.2 Å². The molecule has 1 unspecified atom stereocenters. The predicted molar refractivity (Wildman–Crippen MR) is 57.7 cm³/mol. The van der Waals surface area contributed by atoms with Gasteiger partial charge in [-0.1, -0.05) is 6.92 Å². The van der Waals surface area contributed by atoms with E-state index in [0.717, 1.165) is 25.1 Å². The molecule has 0 aliphatic carbocycles. The maximum Gasteiger partial charge on any atom is 0.0535 e. The van der Waals surface area contributed by atoms with Crippen LogP contribution in [0.5, 0.6) is 0 Å². The third-order valence-corrected chi connectivity index (χ3v) is 2.37. The second-order valence-electron chi connectivity index (χ2n) is 3.41. The van der Waals surface area contributed by atoms with Gasteiger partial charge in [0.2, 0.25) is 0 Å². The highest BCUT2D eigenvalue weighted by molar-refractivity contribution is 5.14. The molecule has 0 aromatic carbocycles. The standard InChI is InChI=1S/C11H17N3/c1-4-6-11(5-2)12-7-10-8-13-14-9(10)3/h1,8,11-12H,5-7H2,2-3H3,(H,13,14). The Morgan fingerprint density at radius 3 is 3.00 bits per heavy atom. The Bertz CT molecular complexity index is 309. The average Bonchev–Trinajstić information content (AvgIpc) is 2.59. The van der Waals surface area contributed by atoms with Crippen LogP contribution in [-0.2, 0) is 6.54 Å². The summed E-state index contributed by atoms with van der Waals surface area (Å²) in [5, 5.41) is 10.3. The Kier molecular flexibility index (Phi) is 4.21. The van der Waals surface area contributed by atoms with Crippen molar-refractivity contribution in [1.82, 2.24) is 15.5 Å². The Balaban J connectivity index is 2.40. The fourth-order valence-corrected chi connectivity index (χ4v) is 1.31. The van der Waals surface area contributed by atoms with Gasteiger partial charge in [-0.25, -0.2) is 0 Å². The summed E-state index contributed by atoms with van der Waals surface area (Å²) < 4.78 is 0. The minimum Gasteiger partial charge on any atom is -0.309 e. The summed E-state index contributed by atoms with van der Waals surface area (Å²) in [6.45, 7) is 4.99. The molecule has 0 saturated carbocycles. The van der Waals surface area contributed by atoms with Crippen LogP contribution in [0.3, 0.4) is 0 Å². The summed E-state index contributed by atoms with van der Waals surface area (Å²) in [6.07, 6.45) is 8.97. The van der Waals surface area contributed by atoms with E-state index >= 15 is 0 Å². The minimum atomic E-state index is 0.411. The summed E-state index contributed by atoms with van der Waals surface area (Å²) in [7, 11) is 0. The normalized spacial score (nSPS) is 12.4.